The first-order valence-electron chi connectivity index (χ1n) is 1.13. The van der Waals surface area contributed by atoms with Crippen LogP contribution in [0.2, 0.25) is 0 Å². The zero-order valence-corrected chi connectivity index (χ0v) is 15.6. The summed E-state index contributed by atoms with van der Waals surface area (Å²) in [6, 6.07) is 0. The quantitative estimate of drug-likeness (QED) is 0.413. The molecule has 0 atom stereocenters. The number of hydrogen-bond acceptors (Lipinski definition) is 5. The van der Waals surface area contributed by atoms with Gasteiger partial charge >= 0.3 is 140 Å². The average Bonchev–Trinajstić information content (AvgIpc) is 1.25. The summed E-state index contributed by atoms with van der Waals surface area (Å²) in [6.45, 7) is 0. The van der Waals surface area contributed by atoms with Gasteiger partial charge in [0.05, 0.1) is 0 Å². The topological polar surface area (TPSA) is 118 Å². The molecule has 0 heterocycles. The first kappa shape index (κ1) is 23.2. The van der Waals surface area contributed by atoms with Gasteiger partial charge in [-0.1, -0.05) is 0 Å². The van der Waals surface area contributed by atoms with Gasteiger partial charge in [0.15, 0.2) is 0 Å². The monoisotopic (exact) mass is 387 g/mol. The van der Waals surface area contributed by atoms with Crippen LogP contribution in [-0.4, -0.2) is 14.0 Å². The first-order chi connectivity index (χ1) is 3.46. The fourth-order valence-electron chi connectivity index (χ4n) is 0. The molecule has 49 valence electrons. The molecular weight excluding hydrogens is 386 g/mol. The molecule has 0 radical (unpaired) electrons. The Morgan fingerprint density at radius 1 is 1.30 bits per heavy atom. The van der Waals surface area contributed by atoms with Gasteiger partial charge in [-0.05, 0) is 0 Å². The fraction of sp³-hybridized carbons (Fsp3) is 0. The molecule has 0 bridgehead atoms. The first-order valence-corrected chi connectivity index (χ1v) is 5.99. The Balaban J connectivity index is -0.0000000300. The summed E-state index contributed by atoms with van der Waals surface area (Å²) in [5.74, 6) is 0. The van der Waals surface area contributed by atoms with Crippen LogP contribution >= 0.6 is 0 Å². The molecule has 0 aliphatic rings. The van der Waals surface area contributed by atoms with E-state index < -0.39 is 26.8 Å². The van der Waals surface area contributed by atoms with E-state index in [0.29, 0.717) is 0 Å². The van der Waals surface area contributed by atoms with E-state index in [4.69, 9.17) is 24.6 Å². The third-order valence-corrected chi connectivity index (χ3v) is 0. The van der Waals surface area contributed by atoms with Crippen molar-refractivity contribution in [1.82, 2.24) is 0 Å². The minimum atomic E-state index is -4.28. The van der Waals surface area contributed by atoms with Gasteiger partial charge in [0.2, 0.25) is 0 Å². The van der Waals surface area contributed by atoms with E-state index in [9.17, 15) is 0 Å². The summed E-state index contributed by atoms with van der Waals surface area (Å²) >= 11 is -4.28. The van der Waals surface area contributed by atoms with E-state index in [1.165, 1.54) is 0 Å². The Kier molecular flexibility index (Phi) is 41.8. The molecule has 0 rings (SSSR count). The molecule has 1 N–H and O–H groups in total. The van der Waals surface area contributed by atoms with Gasteiger partial charge in [0.1, 0.15) is 0 Å². The summed E-state index contributed by atoms with van der Waals surface area (Å²) < 4.78 is 34.5. The van der Waals surface area contributed by atoms with E-state index >= 15 is 0 Å². The van der Waals surface area contributed by atoms with Crippen molar-refractivity contribution < 1.29 is 145 Å². The predicted octanol–water partition coefficient (Wildman–Crippen LogP) is -9.67. The van der Waals surface area contributed by atoms with Gasteiger partial charge < -0.3 is 14.1 Å². The molecule has 0 aromatic heterocycles. The molecule has 0 spiro atoms. The third-order valence-electron chi connectivity index (χ3n) is 0. The second-order valence-corrected chi connectivity index (χ2v) is 2.47. The summed E-state index contributed by atoms with van der Waals surface area (Å²) in [5, 5.41) is 0. The van der Waals surface area contributed by atoms with Gasteiger partial charge in [-0.25, -0.2) is 0 Å². The molecule has 0 saturated heterocycles. The minimum absolute atomic E-state index is 0. The zero-order valence-electron chi connectivity index (χ0n) is 5.40. The molecule has 0 aliphatic carbocycles. The fourth-order valence-corrected chi connectivity index (χ4v) is 0. The predicted molar refractivity (Wildman–Crippen MR) is 10.0 cm³/mol. The Bertz CT molecular complexity index is 118. The van der Waals surface area contributed by atoms with Gasteiger partial charge in [0, 0.05) is 0 Å². The van der Waals surface area contributed by atoms with E-state index in [0.717, 1.165) is 0 Å². The molecule has 0 aromatic rings. The van der Waals surface area contributed by atoms with Crippen LogP contribution in [0, 0.1) is 0 Å². The van der Waals surface area contributed by atoms with Crippen molar-refractivity contribution in [2.75, 3.05) is 0 Å². The van der Waals surface area contributed by atoms with Crippen LogP contribution in [-0.2, 0) is 28.9 Å². The van der Waals surface area contributed by atoms with Gasteiger partial charge in [-0.3, -0.25) is 0 Å². The van der Waals surface area contributed by atoms with Crippen molar-refractivity contribution in [3.05, 3.63) is 0 Å². The van der Waals surface area contributed by atoms with E-state index in [1.54, 1.807) is 0 Å². The molecule has 6 nitrogen and oxygen atoms in total. The van der Waals surface area contributed by atoms with Crippen LogP contribution in [0.5, 0.6) is 0 Å². The van der Waals surface area contributed by atoms with Crippen molar-refractivity contribution >= 4 is 9.17 Å². The van der Waals surface area contributed by atoms with Crippen LogP contribution in [0.1, 0.15) is 0 Å². The molecule has 0 aromatic carbocycles. The molecule has 10 heavy (non-hydrogen) atoms. The van der Waals surface area contributed by atoms with Crippen molar-refractivity contribution in [2.45, 2.75) is 0 Å². The summed E-state index contributed by atoms with van der Waals surface area (Å²) in [4.78, 5) is 15.7. The van der Waals surface area contributed by atoms with Gasteiger partial charge in [0.25, 0.3) is 0 Å². The molecule has 0 saturated carbocycles. The normalized spacial score (nSPS) is 4.90. The van der Waals surface area contributed by atoms with Gasteiger partial charge in [-0.2, -0.15) is 0 Å². The maximum atomic E-state index is 8.63. The summed E-state index contributed by atoms with van der Waals surface area (Å²) in [6.07, 6.45) is 0. The third kappa shape index (κ3) is 116. The van der Waals surface area contributed by atoms with Crippen LogP contribution in [0.3, 0.4) is 0 Å². The Hall–Kier alpha value is 3.14. The summed E-state index contributed by atoms with van der Waals surface area (Å²) in [7, 11) is -3.38. The number of rotatable bonds is 0. The van der Waals surface area contributed by atoms with Crippen molar-refractivity contribution in [1.29, 1.82) is 0 Å². The van der Waals surface area contributed by atoms with Crippen LogP contribution in [0.25, 0.3) is 0 Å². The van der Waals surface area contributed by atoms with E-state index in [-0.39, 0.29) is 103 Å². The Morgan fingerprint density at radius 2 is 1.30 bits per heavy atom. The standard InChI is InChI=1S/2K.HO3Si.3O.W/c;;1-4(2)3;;;;/h;;1H;;;;/q2*+1;-1;;;-1;. The average molecular weight is 387 g/mol. The van der Waals surface area contributed by atoms with Crippen LogP contribution < -0.4 is 111 Å². The molecule has 0 unspecified atom stereocenters. The SMILES string of the molecule is O=[Si]([O-])O.[K+].[K+].[O]=[W](=[O])[O-]. The molecule has 0 fully saturated rings. The summed E-state index contributed by atoms with van der Waals surface area (Å²) in [5.41, 5.74) is 0. The molecular formula is HK2O6SiW. The van der Waals surface area contributed by atoms with E-state index in [1.807, 2.05) is 0 Å². The maximum absolute atomic E-state index is 8.63. The van der Waals surface area contributed by atoms with Crippen molar-refractivity contribution in [3.63, 3.8) is 0 Å². The van der Waals surface area contributed by atoms with Gasteiger partial charge in [-0.15, -0.1) is 0 Å². The second kappa shape index (κ2) is 18.0. The molecule has 0 aliphatic heterocycles. The second-order valence-electron chi connectivity index (χ2n) is 0.470. The number of hydrogen-bond donors (Lipinski definition) is 1. The van der Waals surface area contributed by atoms with Crippen LogP contribution in [0.4, 0.5) is 0 Å². The zero-order chi connectivity index (χ0) is 7.15. The van der Waals surface area contributed by atoms with Crippen molar-refractivity contribution in [3.8, 4) is 0 Å². The Labute approximate surface area is 150 Å². The van der Waals surface area contributed by atoms with E-state index in [2.05, 4.69) is 0 Å². The molecule has 0 amide bonds. The molecule has 10 heteroatoms. The van der Waals surface area contributed by atoms with Crippen LogP contribution in [0.15, 0.2) is 0 Å². The van der Waals surface area contributed by atoms with Crippen molar-refractivity contribution in [2.24, 2.45) is 0 Å². The Morgan fingerprint density at radius 3 is 1.30 bits per heavy atom.